The highest BCUT2D eigenvalue weighted by atomic mass is 32.2. The van der Waals surface area contributed by atoms with Gasteiger partial charge in [0.25, 0.3) is 5.91 Å². The predicted octanol–water partition coefficient (Wildman–Crippen LogP) is 4.10. The minimum atomic E-state index is -1.02. The molecule has 298 valence electrons. The number of nitrogens with one attached hydrogen (secondary N) is 3. The topological polar surface area (TPSA) is 217 Å². The van der Waals surface area contributed by atoms with Gasteiger partial charge in [-0.2, -0.15) is 11.8 Å². The van der Waals surface area contributed by atoms with Gasteiger partial charge >= 0.3 is 12.1 Å². The number of aromatic hydroxyl groups is 1. The summed E-state index contributed by atoms with van der Waals surface area (Å²) >= 11 is 1.49. The summed E-state index contributed by atoms with van der Waals surface area (Å²) in [5.41, 5.74) is 8.68. The van der Waals surface area contributed by atoms with E-state index < -0.39 is 60.4 Å². The molecule has 0 heterocycles. The molecule has 5 amide bonds. The Kier molecular flexibility index (Phi) is 20.9. The van der Waals surface area contributed by atoms with Crippen LogP contribution < -0.4 is 21.7 Å². The van der Waals surface area contributed by atoms with Crippen molar-refractivity contribution in [3.63, 3.8) is 0 Å². The van der Waals surface area contributed by atoms with Gasteiger partial charge in [0.05, 0.1) is 19.2 Å². The molecule has 3 atom stereocenters. The molecule has 0 saturated heterocycles. The lowest BCUT2D eigenvalue weighted by atomic mass is 9.84. The number of aryl methyl sites for hydroxylation is 2. The molecule has 1 aliphatic rings. The van der Waals surface area contributed by atoms with Crippen LogP contribution in [0.2, 0.25) is 0 Å². The summed E-state index contributed by atoms with van der Waals surface area (Å²) in [4.78, 5) is 79.4. The lowest BCUT2D eigenvalue weighted by Crippen LogP contribution is -2.56. The van der Waals surface area contributed by atoms with Crippen molar-refractivity contribution in [3.8, 4) is 5.75 Å². The number of imide groups is 1. The van der Waals surface area contributed by atoms with Crippen LogP contribution in [0.4, 0.5) is 4.79 Å². The van der Waals surface area contributed by atoms with Crippen LogP contribution in [-0.4, -0.2) is 101 Å². The highest BCUT2D eigenvalue weighted by Crippen LogP contribution is 2.29. The van der Waals surface area contributed by atoms with Crippen LogP contribution in [-0.2, 0) is 35.1 Å². The highest BCUT2D eigenvalue weighted by Gasteiger charge is 2.34. The number of carboxylic acids is 1. The second kappa shape index (κ2) is 24.5. The zero-order chi connectivity index (χ0) is 39.3. The zero-order valence-corrected chi connectivity index (χ0v) is 32.7. The van der Waals surface area contributed by atoms with Crippen molar-refractivity contribution < 1.29 is 43.7 Å². The van der Waals surface area contributed by atoms with Gasteiger partial charge in [-0.05, 0) is 99.1 Å². The lowest BCUT2D eigenvalue weighted by Gasteiger charge is -2.34. The van der Waals surface area contributed by atoms with Crippen LogP contribution in [0.5, 0.6) is 5.75 Å². The zero-order valence-electron chi connectivity index (χ0n) is 31.9. The average Bonchev–Trinajstić information content (AvgIpc) is 3.11. The number of nitrogens with zero attached hydrogens (tertiary/aromatic N) is 1. The third-order valence-corrected chi connectivity index (χ3v) is 10.3. The minimum Gasteiger partial charge on any atom is -0.508 e. The number of benzene rings is 1. The molecule has 53 heavy (non-hydrogen) atoms. The Morgan fingerprint density at radius 1 is 0.981 bits per heavy atom. The third-order valence-electron chi connectivity index (χ3n) is 9.63. The molecule has 0 radical (unpaired) electrons. The number of hydrogen-bond acceptors (Lipinski definition) is 10. The van der Waals surface area contributed by atoms with Gasteiger partial charge in [-0.1, -0.05) is 51.9 Å². The van der Waals surface area contributed by atoms with Crippen molar-refractivity contribution in [2.45, 2.75) is 129 Å². The summed E-state index contributed by atoms with van der Waals surface area (Å²) in [7, 11) is 0. The van der Waals surface area contributed by atoms with E-state index in [2.05, 4.69) is 16.0 Å². The molecule has 0 bridgehead atoms. The number of ether oxygens (including phenoxy) is 1. The van der Waals surface area contributed by atoms with Gasteiger partial charge in [0.15, 0.2) is 0 Å². The van der Waals surface area contributed by atoms with Crippen molar-refractivity contribution in [2.75, 3.05) is 31.7 Å². The maximum atomic E-state index is 14.0. The van der Waals surface area contributed by atoms with Crippen LogP contribution in [0.3, 0.4) is 0 Å². The first kappa shape index (κ1) is 45.3. The second-order valence-corrected chi connectivity index (χ2v) is 14.9. The number of carbonyl (C=O) groups is 6. The molecule has 1 aromatic carbocycles. The fraction of sp³-hybridized carbons (Fsp3) is 0.684. The number of phenolic OH excluding ortho intramolecular Hbond substituents is 1. The first-order valence-electron chi connectivity index (χ1n) is 18.9. The number of unbranched alkanes of at least 4 members (excludes halogenated alkanes) is 3. The number of amides is 5. The molecule has 2 rings (SSSR count). The molecule has 1 fully saturated rings. The minimum absolute atomic E-state index is 0.0272. The number of thioether (sulfide) groups is 1. The van der Waals surface area contributed by atoms with Gasteiger partial charge in [0, 0.05) is 13.0 Å². The van der Waals surface area contributed by atoms with Gasteiger partial charge in [-0.15, -0.1) is 0 Å². The van der Waals surface area contributed by atoms with Crippen molar-refractivity contribution in [3.05, 3.63) is 28.8 Å². The van der Waals surface area contributed by atoms with Crippen LogP contribution in [0, 0.1) is 19.8 Å². The van der Waals surface area contributed by atoms with Gasteiger partial charge < -0.3 is 36.2 Å². The first-order valence-corrected chi connectivity index (χ1v) is 20.3. The number of nitrogens with two attached hydrogens (primary N) is 1. The molecular weight excluding hydrogens is 703 g/mol. The quantitative estimate of drug-likeness (QED) is 0.0873. The van der Waals surface area contributed by atoms with Crippen molar-refractivity contribution in [1.82, 2.24) is 20.9 Å². The fourth-order valence-corrected chi connectivity index (χ4v) is 7.08. The number of hydrogen-bond donors (Lipinski definition) is 6. The lowest BCUT2D eigenvalue weighted by molar-refractivity contribution is -0.141. The molecule has 0 aliphatic heterocycles. The maximum Gasteiger partial charge on any atom is 0.413 e. The Bertz CT molecular complexity index is 1350. The number of carboxylic acid groups (broad SMARTS) is 1. The van der Waals surface area contributed by atoms with E-state index in [1.165, 1.54) is 16.7 Å². The molecule has 1 saturated carbocycles. The smallest absolute Gasteiger partial charge is 0.413 e. The molecule has 1 aromatic rings. The van der Waals surface area contributed by atoms with Crippen LogP contribution in [0.1, 0.15) is 107 Å². The fourth-order valence-electron chi connectivity index (χ4n) is 6.61. The van der Waals surface area contributed by atoms with E-state index in [4.69, 9.17) is 15.6 Å². The van der Waals surface area contributed by atoms with Crippen LogP contribution >= 0.6 is 11.8 Å². The molecule has 14 nitrogen and oxygen atoms in total. The molecule has 7 N–H and O–H groups in total. The number of rotatable bonds is 23. The Morgan fingerprint density at radius 2 is 1.66 bits per heavy atom. The number of carbonyl (C=O) groups excluding carboxylic acids is 5. The summed E-state index contributed by atoms with van der Waals surface area (Å²) < 4.78 is 5.16. The van der Waals surface area contributed by atoms with Crippen LogP contribution in [0.25, 0.3) is 0 Å². The molecule has 0 unspecified atom stereocenters. The number of phenols is 1. The normalized spacial score (nSPS) is 14.7. The van der Waals surface area contributed by atoms with Gasteiger partial charge in [0.2, 0.25) is 17.7 Å². The van der Waals surface area contributed by atoms with Crippen molar-refractivity contribution in [2.24, 2.45) is 11.7 Å². The van der Waals surface area contributed by atoms with Crippen molar-refractivity contribution in [1.29, 1.82) is 0 Å². The molecule has 15 heteroatoms. The molecular formula is C38H61N5O9S. The number of aliphatic carboxylic acids is 1. The summed E-state index contributed by atoms with van der Waals surface area (Å²) in [6.07, 6.45) is 9.32. The van der Waals surface area contributed by atoms with Crippen molar-refractivity contribution >= 4 is 47.5 Å². The molecule has 0 spiro atoms. The SMILES string of the molecule is CCCCOC(=O)NC(=O)[C@H](CC1CCCCC1)N(CCCCCC(=O)O)C(=O)CNC(=O)[C@@H](CCSC)NC(=O)[C@@H](N)Cc1c(C)cc(O)cc1C. The summed E-state index contributed by atoms with van der Waals surface area (Å²) in [5.74, 6) is -2.45. The third kappa shape index (κ3) is 16.8. The van der Waals surface area contributed by atoms with Crippen LogP contribution in [0.15, 0.2) is 12.1 Å². The monoisotopic (exact) mass is 763 g/mol. The van der Waals surface area contributed by atoms with Gasteiger partial charge in [-0.25, -0.2) is 4.79 Å². The van der Waals surface area contributed by atoms with E-state index in [0.717, 1.165) is 55.2 Å². The largest absolute Gasteiger partial charge is 0.508 e. The summed E-state index contributed by atoms with van der Waals surface area (Å²) in [6, 6.07) is 0.214. The molecule has 0 aromatic heterocycles. The summed E-state index contributed by atoms with van der Waals surface area (Å²) in [5, 5.41) is 26.7. The van der Waals surface area contributed by atoms with Gasteiger partial charge in [0.1, 0.15) is 17.8 Å². The Labute approximate surface area is 318 Å². The second-order valence-electron chi connectivity index (χ2n) is 14.0. The standard InChI is InChI=1S/C38H61N5O9S/c1-5-6-18-52-38(51)42-37(50)32(22-27-13-9-7-10-14-27)43(17-12-8-11-15-34(46)47)33(45)24-40-36(49)31(16-19-53-4)41-35(48)30(39)23-29-25(2)20-28(44)21-26(29)3/h20-21,27,30-32,44H,5-19,22-24,39H2,1-4H3,(H,40,49)(H,41,48)(H,46,47)(H,42,50,51)/t30-,31+,32-/m0/s1. The molecule has 1 aliphatic carbocycles. The Morgan fingerprint density at radius 3 is 2.28 bits per heavy atom. The Balaban J connectivity index is 2.23. The predicted molar refractivity (Wildman–Crippen MR) is 204 cm³/mol. The average molecular weight is 764 g/mol. The van der Waals surface area contributed by atoms with E-state index in [9.17, 15) is 33.9 Å². The maximum absolute atomic E-state index is 14.0. The summed E-state index contributed by atoms with van der Waals surface area (Å²) in [6.45, 7) is 5.38. The Hall–Kier alpha value is -3.85. The van der Waals surface area contributed by atoms with Gasteiger partial charge in [-0.3, -0.25) is 29.3 Å². The van der Waals surface area contributed by atoms with E-state index in [1.54, 1.807) is 12.1 Å². The highest BCUT2D eigenvalue weighted by molar-refractivity contribution is 7.98. The van der Waals surface area contributed by atoms with E-state index >= 15 is 0 Å². The number of alkyl carbamates (subject to hydrolysis) is 1. The first-order chi connectivity index (χ1) is 25.3. The van der Waals surface area contributed by atoms with E-state index in [-0.39, 0.29) is 44.1 Å². The van der Waals surface area contributed by atoms with E-state index in [1.807, 2.05) is 27.0 Å². The van der Waals surface area contributed by atoms with E-state index in [0.29, 0.717) is 37.9 Å².